The van der Waals surface area contributed by atoms with Crippen molar-refractivity contribution < 1.29 is 19.3 Å². The SMILES string of the molecule is CCOC(=O)c1ccc(-[n+]2cc([O-])sn2)cc1. The number of carbonyl (C=O) groups is 1. The van der Waals surface area contributed by atoms with Gasteiger partial charge in [0, 0.05) is 28.7 Å². The predicted octanol–water partition coefficient (Wildman–Crippen LogP) is 0.670. The number of aromatic nitrogens is 2. The first kappa shape index (κ1) is 11.5. The molecule has 1 heterocycles. The molecule has 0 aliphatic heterocycles. The first-order chi connectivity index (χ1) is 8.20. The van der Waals surface area contributed by atoms with Crippen LogP contribution in [0.25, 0.3) is 5.69 Å². The van der Waals surface area contributed by atoms with Gasteiger partial charge in [-0.3, -0.25) is 0 Å². The molecule has 1 aromatic heterocycles. The lowest BCUT2D eigenvalue weighted by molar-refractivity contribution is -0.652. The molecule has 0 radical (unpaired) electrons. The zero-order chi connectivity index (χ0) is 12.3. The number of esters is 1. The average molecular weight is 250 g/mol. The molecule has 88 valence electrons. The van der Waals surface area contributed by atoms with Crippen LogP contribution in [0.3, 0.4) is 0 Å². The lowest BCUT2D eigenvalue weighted by Crippen LogP contribution is -2.31. The Morgan fingerprint density at radius 3 is 2.71 bits per heavy atom. The summed E-state index contributed by atoms with van der Waals surface area (Å²) in [4.78, 5) is 11.4. The average Bonchev–Trinajstić information content (AvgIpc) is 2.76. The molecule has 0 saturated carbocycles. The van der Waals surface area contributed by atoms with Crippen LogP contribution in [0.5, 0.6) is 5.06 Å². The first-order valence-electron chi connectivity index (χ1n) is 5.04. The summed E-state index contributed by atoms with van der Waals surface area (Å²) in [6.07, 6.45) is 1.39. The van der Waals surface area contributed by atoms with Crippen molar-refractivity contribution in [3.05, 3.63) is 36.0 Å². The van der Waals surface area contributed by atoms with Crippen molar-refractivity contribution in [2.45, 2.75) is 6.92 Å². The standard InChI is InChI=1S/C11H10N2O3S/c1-2-16-11(15)8-3-5-9(6-4-8)13-7-10(14)17-12-13/h3-7H,2H2,1H3. The van der Waals surface area contributed by atoms with Crippen LogP contribution in [0.15, 0.2) is 30.5 Å². The molecule has 0 atom stereocenters. The van der Waals surface area contributed by atoms with Gasteiger partial charge in [0.2, 0.25) is 11.9 Å². The smallest absolute Gasteiger partial charge is 0.338 e. The van der Waals surface area contributed by atoms with Gasteiger partial charge in [-0.15, -0.1) is 0 Å². The van der Waals surface area contributed by atoms with Gasteiger partial charge in [0.25, 0.3) is 0 Å². The van der Waals surface area contributed by atoms with Gasteiger partial charge in [-0.2, -0.15) is 0 Å². The number of ether oxygens (including phenoxy) is 1. The van der Waals surface area contributed by atoms with Gasteiger partial charge in [-0.25, -0.2) is 4.79 Å². The number of benzene rings is 1. The fourth-order valence-electron chi connectivity index (χ4n) is 1.32. The Kier molecular flexibility index (Phi) is 3.34. The van der Waals surface area contributed by atoms with Crippen LogP contribution in [-0.2, 0) is 4.74 Å². The number of nitrogens with zero attached hydrogens (tertiary/aromatic N) is 2. The molecule has 0 saturated heterocycles. The number of hydrogen-bond acceptors (Lipinski definition) is 5. The Bertz CT molecular complexity index is 522. The topological polar surface area (TPSA) is 66.1 Å². The lowest BCUT2D eigenvalue weighted by Gasteiger charge is -2.00. The van der Waals surface area contributed by atoms with E-state index in [2.05, 4.69) is 4.49 Å². The molecule has 6 heteroatoms. The Labute approximate surface area is 102 Å². The van der Waals surface area contributed by atoms with Gasteiger partial charge >= 0.3 is 5.97 Å². The molecule has 17 heavy (non-hydrogen) atoms. The number of carbonyl (C=O) groups excluding carboxylic acids is 1. The van der Waals surface area contributed by atoms with E-state index >= 15 is 0 Å². The second kappa shape index (κ2) is 4.92. The highest BCUT2D eigenvalue weighted by atomic mass is 32.1. The van der Waals surface area contributed by atoms with E-state index in [9.17, 15) is 9.90 Å². The highest BCUT2D eigenvalue weighted by molar-refractivity contribution is 7.06. The van der Waals surface area contributed by atoms with Crippen LogP contribution in [0.1, 0.15) is 17.3 Å². The third kappa shape index (κ3) is 2.59. The zero-order valence-electron chi connectivity index (χ0n) is 9.12. The largest absolute Gasteiger partial charge is 0.860 e. The summed E-state index contributed by atoms with van der Waals surface area (Å²) in [5.74, 6) is -0.355. The molecule has 0 bridgehead atoms. The van der Waals surface area contributed by atoms with Crippen molar-refractivity contribution in [3.63, 3.8) is 0 Å². The molecule has 0 amide bonds. The summed E-state index contributed by atoms with van der Waals surface area (Å²) in [7, 11) is 0. The van der Waals surface area contributed by atoms with Crippen LogP contribution in [0.2, 0.25) is 0 Å². The molecule has 5 nitrogen and oxygen atoms in total. The fraction of sp³-hybridized carbons (Fsp3) is 0.182. The van der Waals surface area contributed by atoms with Crippen molar-refractivity contribution in [1.29, 1.82) is 0 Å². The van der Waals surface area contributed by atoms with E-state index in [-0.39, 0.29) is 11.0 Å². The summed E-state index contributed by atoms with van der Waals surface area (Å²) < 4.78 is 10.3. The zero-order valence-corrected chi connectivity index (χ0v) is 9.94. The Morgan fingerprint density at radius 2 is 2.18 bits per heavy atom. The predicted molar refractivity (Wildman–Crippen MR) is 59.0 cm³/mol. The molecule has 0 N–H and O–H groups in total. The number of rotatable bonds is 3. The summed E-state index contributed by atoms with van der Waals surface area (Å²) in [5, 5.41) is 10.9. The van der Waals surface area contributed by atoms with Crippen LogP contribution < -0.4 is 9.79 Å². The molecular weight excluding hydrogens is 240 g/mol. The van der Waals surface area contributed by atoms with Crippen LogP contribution in [0, 0.1) is 0 Å². The summed E-state index contributed by atoms with van der Waals surface area (Å²) in [6, 6.07) is 6.71. The van der Waals surface area contributed by atoms with Gasteiger partial charge in [0.15, 0.2) is 0 Å². The monoisotopic (exact) mass is 250 g/mol. The molecule has 0 spiro atoms. The van der Waals surface area contributed by atoms with E-state index in [1.54, 1.807) is 31.2 Å². The highest BCUT2D eigenvalue weighted by Crippen LogP contribution is 2.09. The normalized spacial score (nSPS) is 10.2. The van der Waals surface area contributed by atoms with E-state index < -0.39 is 0 Å². The molecular formula is C11H10N2O3S. The lowest BCUT2D eigenvalue weighted by atomic mass is 10.2. The van der Waals surface area contributed by atoms with Crippen LogP contribution in [0.4, 0.5) is 0 Å². The summed E-state index contributed by atoms with van der Waals surface area (Å²) in [6.45, 7) is 2.11. The van der Waals surface area contributed by atoms with Gasteiger partial charge < -0.3 is 9.84 Å². The second-order valence-corrected chi connectivity index (χ2v) is 3.98. The summed E-state index contributed by atoms with van der Waals surface area (Å²) in [5.41, 5.74) is 1.21. The van der Waals surface area contributed by atoms with Gasteiger partial charge in [0.05, 0.1) is 16.7 Å². The van der Waals surface area contributed by atoms with Crippen molar-refractivity contribution >= 4 is 17.5 Å². The summed E-state index contributed by atoms with van der Waals surface area (Å²) >= 11 is 0.884. The van der Waals surface area contributed by atoms with E-state index in [0.717, 1.165) is 17.2 Å². The van der Waals surface area contributed by atoms with Crippen molar-refractivity contribution in [2.75, 3.05) is 6.61 Å². The maximum Gasteiger partial charge on any atom is 0.338 e. The molecule has 1 aromatic carbocycles. The Balaban J connectivity index is 2.21. The maximum absolute atomic E-state index is 11.4. The minimum Gasteiger partial charge on any atom is -0.860 e. The molecule has 2 aromatic rings. The van der Waals surface area contributed by atoms with E-state index in [4.69, 9.17) is 4.74 Å². The third-order valence-electron chi connectivity index (χ3n) is 2.09. The van der Waals surface area contributed by atoms with Gasteiger partial charge in [0.1, 0.15) is 0 Å². The minimum absolute atomic E-state index is 0.112. The van der Waals surface area contributed by atoms with E-state index in [1.165, 1.54) is 10.9 Å². The highest BCUT2D eigenvalue weighted by Gasteiger charge is 2.11. The van der Waals surface area contributed by atoms with E-state index in [0.29, 0.717) is 12.2 Å². The van der Waals surface area contributed by atoms with Crippen LogP contribution in [-0.4, -0.2) is 17.1 Å². The molecule has 2 rings (SSSR count). The molecule has 0 aliphatic carbocycles. The first-order valence-corrected chi connectivity index (χ1v) is 5.81. The fourth-order valence-corrected chi connectivity index (χ4v) is 1.77. The molecule has 0 fully saturated rings. The number of hydrogen-bond donors (Lipinski definition) is 0. The van der Waals surface area contributed by atoms with Crippen molar-refractivity contribution in [3.8, 4) is 10.8 Å². The second-order valence-electron chi connectivity index (χ2n) is 3.23. The van der Waals surface area contributed by atoms with E-state index in [1.807, 2.05) is 0 Å². The van der Waals surface area contributed by atoms with Gasteiger partial charge in [-0.1, -0.05) is 0 Å². The Hall–Kier alpha value is -1.95. The quantitative estimate of drug-likeness (QED) is 0.593. The maximum atomic E-state index is 11.4. The van der Waals surface area contributed by atoms with Gasteiger partial charge in [-0.05, 0) is 23.7 Å². The molecule has 0 unspecified atom stereocenters. The van der Waals surface area contributed by atoms with Crippen molar-refractivity contribution in [2.24, 2.45) is 0 Å². The molecule has 0 aliphatic rings. The van der Waals surface area contributed by atoms with Crippen molar-refractivity contribution in [1.82, 2.24) is 4.49 Å². The minimum atomic E-state index is -0.355. The van der Waals surface area contributed by atoms with Crippen LogP contribution >= 0.6 is 11.5 Å². The third-order valence-corrected chi connectivity index (χ3v) is 2.63. The Morgan fingerprint density at radius 1 is 1.47 bits per heavy atom.